The van der Waals surface area contributed by atoms with Crippen LogP contribution in [-0.2, 0) is 17.6 Å². The van der Waals surface area contributed by atoms with Crippen LogP contribution >= 0.6 is 11.6 Å². The summed E-state index contributed by atoms with van der Waals surface area (Å²) < 4.78 is 5.11. The Morgan fingerprint density at radius 3 is 2.81 bits per heavy atom. The number of anilines is 1. The van der Waals surface area contributed by atoms with Crippen molar-refractivity contribution in [3.8, 4) is 5.75 Å². The highest BCUT2D eigenvalue weighted by atomic mass is 35.5. The molecule has 1 aromatic heterocycles. The van der Waals surface area contributed by atoms with Crippen molar-refractivity contribution in [2.24, 2.45) is 0 Å². The molecule has 3 rings (SSSR count). The number of hydrogen-bond donors (Lipinski definition) is 2. The lowest BCUT2D eigenvalue weighted by Crippen LogP contribution is -2.12. The van der Waals surface area contributed by atoms with E-state index in [4.69, 9.17) is 16.3 Å². The molecule has 3 aromatic rings. The summed E-state index contributed by atoms with van der Waals surface area (Å²) in [6.45, 7) is 2.13. The van der Waals surface area contributed by atoms with E-state index >= 15 is 0 Å². The van der Waals surface area contributed by atoms with Gasteiger partial charge in [-0.1, -0.05) is 24.6 Å². The number of aromatic nitrogens is 2. The van der Waals surface area contributed by atoms with Gasteiger partial charge in [-0.05, 0) is 48.7 Å². The maximum absolute atomic E-state index is 12.2. The normalized spacial score (nSPS) is 10.9. The number of halogens is 1. The molecule has 0 spiro atoms. The number of ether oxygens (including phenoxy) is 1. The molecule has 2 N–H and O–H groups in total. The predicted octanol–water partition coefficient (Wildman–Crippen LogP) is 4.75. The van der Waals surface area contributed by atoms with E-state index in [0.717, 1.165) is 35.3 Å². The third-order valence-corrected chi connectivity index (χ3v) is 4.45. The highest BCUT2D eigenvalue weighted by Gasteiger charge is 2.08. The standard InChI is InChI=1S/C20H22ClN3O2/c1-3-4-19-23-16-8-5-13(11-17(16)24-19)6-10-20(25)22-14-7-9-18(26-2)15(21)12-14/h5,7-9,11-12H,3-4,6,10H2,1-2H3,(H,22,25)(H,23,24). The van der Waals surface area contributed by atoms with Crippen molar-refractivity contribution >= 4 is 34.2 Å². The van der Waals surface area contributed by atoms with Gasteiger partial charge in [0.2, 0.25) is 5.91 Å². The van der Waals surface area contributed by atoms with Crippen LogP contribution in [0.2, 0.25) is 5.02 Å². The summed E-state index contributed by atoms with van der Waals surface area (Å²) in [5.74, 6) is 1.54. The second-order valence-corrected chi connectivity index (χ2v) is 6.59. The molecule has 6 heteroatoms. The van der Waals surface area contributed by atoms with Crippen LogP contribution in [0.4, 0.5) is 5.69 Å². The Bertz CT molecular complexity index is 921. The van der Waals surface area contributed by atoms with Crippen LogP contribution in [0.1, 0.15) is 31.2 Å². The molecule has 5 nitrogen and oxygen atoms in total. The molecule has 0 bridgehead atoms. The lowest BCUT2D eigenvalue weighted by atomic mass is 10.1. The number of rotatable bonds is 7. The molecule has 0 fully saturated rings. The number of imidazole rings is 1. The van der Waals surface area contributed by atoms with E-state index in [9.17, 15) is 4.79 Å². The zero-order valence-corrected chi connectivity index (χ0v) is 15.7. The van der Waals surface area contributed by atoms with Crippen molar-refractivity contribution in [2.75, 3.05) is 12.4 Å². The Morgan fingerprint density at radius 2 is 2.08 bits per heavy atom. The summed E-state index contributed by atoms with van der Waals surface area (Å²) in [5.41, 5.74) is 3.75. The number of carbonyl (C=O) groups excluding carboxylic acids is 1. The first kappa shape index (κ1) is 18.3. The summed E-state index contributed by atoms with van der Waals surface area (Å²) in [4.78, 5) is 20.1. The first-order valence-corrected chi connectivity index (χ1v) is 9.07. The van der Waals surface area contributed by atoms with Gasteiger partial charge in [0.15, 0.2) is 0 Å². The van der Waals surface area contributed by atoms with Crippen LogP contribution in [0.25, 0.3) is 11.0 Å². The van der Waals surface area contributed by atoms with E-state index in [1.54, 1.807) is 25.3 Å². The summed E-state index contributed by atoms with van der Waals surface area (Å²) in [6.07, 6.45) is 3.05. The topological polar surface area (TPSA) is 67.0 Å². The number of methoxy groups -OCH3 is 1. The van der Waals surface area contributed by atoms with Crippen LogP contribution < -0.4 is 10.1 Å². The van der Waals surface area contributed by atoms with E-state index < -0.39 is 0 Å². The van der Waals surface area contributed by atoms with E-state index in [2.05, 4.69) is 28.3 Å². The molecule has 26 heavy (non-hydrogen) atoms. The largest absolute Gasteiger partial charge is 0.495 e. The van der Waals surface area contributed by atoms with Gasteiger partial charge in [0.1, 0.15) is 11.6 Å². The van der Waals surface area contributed by atoms with Gasteiger partial charge in [-0.25, -0.2) is 4.98 Å². The van der Waals surface area contributed by atoms with Crippen molar-refractivity contribution in [2.45, 2.75) is 32.6 Å². The van der Waals surface area contributed by atoms with Crippen molar-refractivity contribution < 1.29 is 9.53 Å². The Hall–Kier alpha value is -2.53. The minimum Gasteiger partial charge on any atom is -0.495 e. The van der Waals surface area contributed by atoms with Crippen molar-refractivity contribution in [3.63, 3.8) is 0 Å². The van der Waals surface area contributed by atoms with Gasteiger partial charge in [-0.15, -0.1) is 0 Å². The fraction of sp³-hybridized carbons (Fsp3) is 0.300. The van der Waals surface area contributed by atoms with Gasteiger partial charge in [0, 0.05) is 18.5 Å². The molecule has 1 amide bonds. The van der Waals surface area contributed by atoms with E-state index in [0.29, 0.717) is 29.3 Å². The number of hydrogen-bond acceptors (Lipinski definition) is 3. The molecule has 0 radical (unpaired) electrons. The Labute approximate surface area is 157 Å². The lowest BCUT2D eigenvalue weighted by Gasteiger charge is -2.08. The number of benzene rings is 2. The lowest BCUT2D eigenvalue weighted by molar-refractivity contribution is -0.116. The van der Waals surface area contributed by atoms with Gasteiger partial charge in [0.05, 0.1) is 23.2 Å². The molecule has 0 aliphatic carbocycles. The third kappa shape index (κ3) is 4.35. The Kier molecular flexibility index (Phi) is 5.78. The van der Waals surface area contributed by atoms with E-state index in [1.807, 2.05) is 12.1 Å². The monoisotopic (exact) mass is 371 g/mol. The predicted molar refractivity (Wildman–Crippen MR) is 105 cm³/mol. The van der Waals surface area contributed by atoms with Crippen molar-refractivity contribution in [3.05, 3.63) is 52.8 Å². The molecule has 136 valence electrons. The van der Waals surface area contributed by atoms with Gasteiger partial charge in [0.25, 0.3) is 0 Å². The molecular weight excluding hydrogens is 350 g/mol. The average Bonchev–Trinajstić information content (AvgIpc) is 3.02. The van der Waals surface area contributed by atoms with Crippen LogP contribution in [0, 0.1) is 0 Å². The number of H-pyrrole nitrogens is 1. The summed E-state index contributed by atoms with van der Waals surface area (Å²) in [6, 6.07) is 11.3. The van der Waals surface area contributed by atoms with Gasteiger partial charge < -0.3 is 15.0 Å². The second kappa shape index (κ2) is 8.23. The molecule has 0 saturated heterocycles. The molecule has 0 atom stereocenters. The first-order valence-electron chi connectivity index (χ1n) is 8.70. The van der Waals surface area contributed by atoms with Crippen LogP contribution in [0.3, 0.4) is 0 Å². The third-order valence-electron chi connectivity index (χ3n) is 4.16. The minimum atomic E-state index is -0.0531. The Morgan fingerprint density at radius 1 is 1.23 bits per heavy atom. The number of nitrogens with one attached hydrogen (secondary N) is 2. The SMILES string of the molecule is CCCc1nc2ccc(CCC(=O)Nc3ccc(OC)c(Cl)c3)cc2[nH]1. The highest BCUT2D eigenvalue weighted by molar-refractivity contribution is 6.32. The highest BCUT2D eigenvalue weighted by Crippen LogP contribution is 2.27. The fourth-order valence-corrected chi connectivity index (χ4v) is 3.10. The molecular formula is C20H22ClN3O2. The van der Waals surface area contributed by atoms with E-state index in [1.165, 1.54) is 0 Å². The second-order valence-electron chi connectivity index (χ2n) is 6.18. The maximum atomic E-state index is 12.2. The number of fused-ring (bicyclic) bond motifs is 1. The van der Waals surface area contributed by atoms with Crippen molar-refractivity contribution in [1.82, 2.24) is 9.97 Å². The molecule has 0 unspecified atom stereocenters. The van der Waals surface area contributed by atoms with Gasteiger partial charge in [-0.2, -0.15) is 0 Å². The fourth-order valence-electron chi connectivity index (χ4n) is 2.85. The summed E-state index contributed by atoms with van der Waals surface area (Å²) in [7, 11) is 1.56. The number of carbonyl (C=O) groups is 1. The number of nitrogens with zero attached hydrogens (tertiary/aromatic N) is 1. The summed E-state index contributed by atoms with van der Waals surface area (Å²) >= 11 is 6.08. The Balaban J connectivity index is 1.60. The number of aryl methyl sites for hydroxylation is 2. The van der Waals surface area contributed by atoms with Crippen LogP contribution in [-0.4, -0.2) is 23.0 Å². The summed E-state index contributed by atoms with van der Waals surface area (Å²) in [5, 5.41) is 3.33. The van der Waals surface area contributed by atoms with Gasteiger partial charge >= 0.3 is 0 Å². The first-order chi connectivity index (χ1) is 12.6. The van der Waals surface area contributed by atoms with Crippen LogP contribution in [0.15, 0.2) is 36.4 Å². The minimum absolute atomic E-state index is 0.0531. The molecule has 0 aliphatic heterocycles. The quantitative estimate of drug-likeness (QED) is 0.629. The molecule has 0 aliphatic rings. The van der Waals surface area contributed by atoms with Gasteiger partial charge in [-0.3, -0.25) is 4.79 Å². The molecule has 0 saturated carbocycles. The average molecular weight is 372 g/mol. The smallest absolute Gasteiger partial charge is 0.224 e. The molecule has 2 aromatic carbocycles. The number of aromatic amines is 1. The molecule has 1 heterocycles. The number of amides is 1. The zero-order valence-electron chi connectivity index (χ0n) is 14.9. The van der Waals surface area contributed by atoms with Crippen molar-refractivity contribution in [1.29, 1.82) is 0 Å². The zero-order chi connectivity index (χ0) is 18.5. The van der Waals surface area contributed by atoms with E-state index in [-0.39, 0.29) is 5.91 Å². The maximum Gasteiger partial charge on any atom is 0.224 e. The van der Waals surface area contributed by atoms with Crippen LogP contribution in [0.5, 0.6) is 5.75 Å².